The molecule has 9 heteroatoms. The summed E-state index contributed by atoms with van der Waals surface area (Å²) in [6.45, 7) is 3.86. The van der Waals surface area contributed by atoms with E-state index in [2.05, 4.69) is 26.0 Å². The Labute approximate surface area is 162 Å². The van der Waals surface area contributed by atoms with Crippen molar-refractivity contribution in [3.05, 3.63) is 72.7 Å². The smallest absolute Gasteiger partial charge is 0.282 e. The Morgan fingerprint density at radius 2 is 2.11 bits per heavy atom. The molecule has 0 aliphatic heterocycles. The lowest BCUT2D eigenvalue weighted by molar-refractivity contribution is -0.384. The lowest BCUT2D eigenvalue weighted by atomic mass is 10.2. The van der Waals surface area contributed by atoms with Gasteiger partial charge in [-0.3, -0.25) is 14.9 Å². The molecule has 3 rings (SSSR count). The minimum absolute atomic E-state index is 0.0930. The summed E-state index contributed by atoms with van der Waals surface area (Å²) in [7, 11) is 0. The monoisotopic (exact) mass is 430 g/mol. The van der Waals surface area contributed by atoms with Crippen LogP contribution in [0.2, 0.25) is 0 Å². The van der Waals surface area contributed by atoms with Gasteiger partial charge in [-0.05, 0) is 38.1 Å². The number of halogens is 1. The molecule has 0 N–H and O–H groups in total. The number of nitro groups is 1. The molecule has 0 amide bonds. The quantitative estimate of drug-likeness (QED) is 0.349. The molecular formula is C18H15BrN4O4. The van der Waals surface area contributed by atoms with Gasteiger partial charge >= 0.3 is 0 Å². The fraction of sp³-hybridized carbons (Fsp3) is 0.167. The summed E-state index contributed by atoms with van der Waals surface area (Å²) < 4.78 is 7.39. The molecule has 138 valence electrons. The van der Waals surface area contributed by atoms with Gasteiger partial charge in [0.25, 0.3) is 11.2 Å². The van der Waals surface area contributed by atoms with Crippen LogP contribution in [-0.4, -0.2) is 27.4 Å². The van der Waals surface area contributed by atoms with Gasteiger partial charge in [-0.25, -0.2) is 4.98 Å². The SMILES string of the molecule is CCOc1ccc([N+](=O)[O-])cc1C=Nn1c(C)nc2ccc(Br)cc2c1=O. The van der Waals surface area contributed by atoms with E-state index in [0.717, 1.165) is 9.15 Å². The van der Waals surface area contributed by atoms with Crippen molar-refractivity contribution in [1.29, 1.82) is 0 Å². The van der Waals surface area contributed by atoms with Gasteiger partial charge in [-0.2, -0.15) is 9.78 Å². The van der Waals surface area contributed by atoms with Crippen LogP contribution in [0.4, 0.5) is 5.69 Å². The maximum atomic E-state index is 12.8. The first-order valence-electron chi connectivity index (χ1n) is 8.05. The molecule has 0 radical (unpaired) electrons. The van der Waals surface area contributed by atoms with Gasteiger partial charge in [-0.1, -0.05) is 15.9 Å². The highest BCUT2D eigenvalue weighted by atomic mass is 79.9. The average Bonchev–Trinajstić information content (AvgIpc) is 2.63. The van der Waals surface area contributed by atoms with E-state index in [1.54, 1.807) is 25.1 Å². The van der Waals surface area contributed by atoms with Crippen molar-refractivity contribution in [3.63, 3.8) is 0 Å². The predicted molar refractivity (Wildman–Crippen MR) is 106 cm³/mol. The molecule has 1 aromatic heterocycles. The van der Waals surface area contributed by atoms with Crippen molar-refractivity contribution >= 4 is 38.7 Å². The number of nitro benzene ring substituents is 1. The minimum Gasteiger partial charge on any atom is -0.493 e. The normalized spacial score (nSPS) is 11.2. The second-order valence-corrected chi connectivity index (χ2v) is 6.51. The van der Waals surface area contributed by atoms with Gasteiger partial charge in [0.1, 0.15) is 11.6 Å². The van der Waals surface area contributed by atoms with E-state index in [4.69, 9.17) is 4.74 Å². The molecule has 3 aromatic rings. The van der Waals surface area contributed by atoms with Crippen LogP contribution in [-0.2, 0) is 0 Å². The number of rotatable bonds is 5. The lowest BCUT2D eigenvalue weighted by Crippen LogP contribution is -2.20. The topological polar surface area (TPSA) is 99.6 Å². The van der Waals surface area contributed by atoms with Crippen molar-refractivity contribution in [2.75, 3.05) is 6.61 Å². The number of aryl methyl sites for hydroxylation is 1. The highest BCUT2D eigenvalue weighted by molar-refractivity contribution is 9.10. The van der Waals surface area contributed by atoms with E-state index >= 15 is 0 Å². The van der Waals surface area contributed by atoms with Crippen molar-refractivity contribution in [2.24, 2.45) is 5.10 Å². The van der Waals surface area contributed by atoms with E-state index in [1.165, 1.54) is 24.4 Å². The minimum atomic E-state index is -0.500. The molecule has 2 aromatic carbocycles. The van der Waals surface area contributed by atoms with E-state index in [1.807, 2.05) is 6.92 Å². The molecular weight excluding hydrogens is 416 g/mol. The first kappa shape index (κ1) is 18.7. The van der Waals surface area contributed by atoms with E-state index in [0.29, 0.717) is 34.6 Å². The molecule has 27 heavy (non-hydrogen) atoms. The molecule has 0 bridgehead atoms. The summed E-state index contributed by atoms with van der Waals surface area (Å²) in [4.78, 5) is 27.7. The second-order valence-electron chi connectivity index (χ2n) is 5.59. The molecule has 0 saturated heterocycles. The Kier molecular flexibility index (Phi) is 5.31. The Bertz CT molecular complexity index is 1120. The van der Waals surface area contributed by atoms with E-state index in [-0.39, 0.29) is 11.2 Å². The van der Waals surface area contributed by atoms with Crippen LogP contribution >= 0.6 is 15.9 Å². The van der Waals surface area contributed by atoms with Gasteiger partial charge in [-0.15, -0.1) is 0 Å². The third-order valence-corrected chi connectivity index (χ3v) is 4.28. The van der Waals surface area contributed by atoms with Gasteiger partial charge < -0.3 is 4.74 Å². The number of benzene rings is 2. The third kappa shape index (κ3) is 3.87. The molecule has 0 fully saturated rings. The molecule has 0 aliphatic rings. The zero-order valence-corrected chi connectivity index (χ0v) is 16.1. The fourth-order valence-corrected chi connectivity index (χ4v) is 2.91. The summed E-state index contributed by atoms with van der Waals surface area (Å²) in [5, 5.41) is 15.6. The number of hydrogen-bond donors (Lipinski definition) is 0. The van der Waals surface area contributed by atoms with Crippen molar-refractivity contribution in [3.8, 4) is 5.75 Å². The first-order chi connectivity index (χ1) is 12.9. The van der Waals surface area contributed by atoms with Crippen LogP contribution in [0.15, 0.2) is 50.8 Å². The highest BCUT2D eigenvalue weighted by Gasteiger charge is 2.12. The zero-order valence-electron chi connectivity index (χ0n) is 14.5. The van der Waals surface area contributed by atoms with Crippen molar-refractivity contribution < 1.29 is 9.66 Å². The van der Waals surface area contributed by atoms with Crippen LogP contribution in [0.3, 0.4) is 0 Å². The average molecular weight is 431 g/mol. The zero-order chi connectivity index (χ0) is 19.6. The van der Waals surface area contributed by atoms with Crippen molar-refractivity contribution in [2.45, 2.75) is 13.8 Å². The van der Waals surface area contributed by atoms with Crippen LogP contribution in [0, 0.1) is 17.0 Å². The third-order valence-electron chi connectivity index (χ3n) is 3.79. The maximum absolute atomic E-state index is 12.8. The number of ether oxygens (including phenoxy) is 1. The number of aromatic nitrogens is 2. The largest absolute Gasteiger partial charge is 0.493 e. The molecule has 1 heterocycles. The molecule has 0 atom stereocenters. The first-order valence-corrected chi connectivity index (χ1v) is 8.84. The number of fused-ring (bicyclic) bond motifs is 1. The van der Waals surface area contributed by atoms with Crippen LogP contribution in [0.5, 0.6) is 5.75 Å². The summed E-state index contributed by atoms with van der Waals surface area (Å²) in [5.41, 5.74) is 0.534. The van der Waals surface area contributed by atoms with Gasteiger partial charge in [0.15, 0.2) is 0 Å². The van der Waals surface area contributed by atoms with Crippen LogP contribution in [0.1, 0.15) is 18.3 Å². The number of nitrogens with zero attached hydrogens (tertiary/aromatic N) is 4. The summed E-state index contributed by atoms with van der Waals surface area (Å²) in [6.07, 6.45) is 1.36. The fourth-order valence-electron chi connectivity index (χ4n) is 2.55. The lowest BCUT2D eigenvalue weighted by Gasteiger charge is -2.08. The van der Waals surface area contributed by atoms with Crippen LogP contribution < -0.4 is 10.3 Å². The Morgan fingerprint density at radius 3 is 2.81 bits per heavy atom. The Hall–Kier alpha value is -3.07. The number of hydrogen-bond acceptors (Lipinski definition) is 6. The summed E-state index contributed by atoms with van der Waals surface area (Å²) in [5.74, 6) is 0.837. The highest BCUT2D eigenvalue weighted by Crippen LogP contribution is 2.23. The van der Waals surface area contributed by atoms with Crippen molar-refractivity contribution in [1.82, 2.24) is 9.66 Å². The van der Waals surface area contributed by atoms with Gasteiger partial charge in [0, 0.05) is 22.2 Å². The van der Waals surface area contributed by atoms with Gasteiger partial charge in [0.2, 0.25) is 0 Å². The van der Waals surface area contributed by atoms with Gasteiger partial charge in [0.05, 0.1) is 28.6 Å². The molecule has 0 spiro atoms. The Balaban J connectivity index is 2.12. The Morgan fingerprint density at radius 1 is 1.33 bits per heavy atom. The van der Waals surface area contributed by atoms with E-state index < -0.39 is 4.92 Å². The predicted octanol–water partition coefficient (Wildman–Crippen LogP) is 3.66. The van der Waals surface area contributed by atoms with Crippen LogP contribution in [0.25, 0.3) is 10.9 Å². The maximum Gasteiger partial charge on any atom is 0.282 e. The summed E-state index contributed by atoms with van der Waals surface area (Å²) in [6, 6.07) is 9.44. The molecule has 0 saturated carbocycles. The molecule has 8 nitrogen and oxygen atoms in total. The summed E-state index contributed by atoms with van der Waals surface area (Å²) >= 11 is 3.34. The number of non-ortho nitro benzene ring substituents is 1. The second kappa shape index (κ2) is 7.67. The van der Waals surface area contributed by atoms with E-state index in [9.17, 15) is 14.9 Å². The molecule has 0 aliphatic carbocycles. The standard InChI is InChI=1S/C18H15BrN4O4/c1-3-27-17-7-5-14(23(25)26)8-12(17)10-20-22-11(2)21-16-6-4-13(19)9-15(16)18(22)24/h4-10H,3H2,1-2H3. The molecule has 0 unspecified atom stereocenters.